The van der Waals surface area contributed by atoms with Crippen LogP contribution in [0.4, 0.5) is 0 Å². The monoisotopic (exact) mass is 167 g/mol. The molecule has 0 aromatic rings. The van der Waals surface area contributed by atoms with Crippen LogP contribution in [-0.2, 0) is 4.57 Å². The molecule has 10 heavy (non-hydrogen) atoms. The molecule has 0 saturated heterocycles. The van der Waals surface area contributed by atoms with E-state index in [0.29, 0.717) is 6.42 Å². The molecule has 5 heteroatoms. The van der Waals surface area contributed by atoms with Gasteiger partial charge in [0.2, 0.25) is 0 Å². The second-order valence-electron chi connectivity index (χ2n) is 2.18. The quantitative estimate of drug-likeness (QED) is 0.533. The Kier molecular flexibility index (Phi) is 4.13. The van der Waals surface area contributed by atoms with Crippen molar-refractivity contribution in [3.05, 3.63) is 0 Å². The zero-order chi connectivity index (χ0) is 8.20. The molecule has 0 bridgehead atoms. The molecular weight excluding hydrogens is 153 g/mol. The van der Waals surface area contributed by atoms with Crippen molar-refractivity contribution in [2.24, 2.45) is 0 Å². The lowest BCUT2D eigenvalue weighted by Crippen LogP contribution is -2.24. The topological polar surface area (TPSA) is 69.6 Å². The van der Waals surface area contributed by atoms with Gasteiger partial charge in [-0.15, -0.1) is 0 Å². The summed E-state index contributed by atoms with van der Waals surface area (Å²) in [5.74, 6) is -0.669. The number of nitrogens with one attached hydrogen (secondary N) is 1. The van der Waals surface area contributed by atoms with Crippen LogP contribution in [0.15, 0.2) is 0 Å². The summed E-state index contributed by atoms with van der Waals surface area (Å²) in [5.41, 5.74) is 0. The van der Waals surface area contributed by atoms with Gasteiger partial charge in [-0.3, -0.25) is 4.57 Å². The fourth-order valence-corrected chi connectivity index (χ4v) is 1.69. The van der Waals surface area contributed by atoms with E-state index in [1.807, 2.05) is 6.92 Å². The first-order valence-electron chi connectivity index (χ1n) is 3.24. The standard InChI is InChI=1S/C5H14NO3P/c1-3-4-5(6-2)10(7,8)9/h5-6H,3-4H2,1-2H3,(H2,7,8,9). The highest BCUT2D eigenvalue weighted by Crippen LogP contribution is 2.41. The molecule has 0 amide bonds. The molecule has 0 aliphatic heterocycles. The van der Waals surface area contributed by atoms with Crippen molar-refractivity contribution in [3.8, 4) is 0 Å². The third-order valence-electron chi connectivity index (χ3n) is 1.30. The second kappa shape index (κ2) is 4.09. The third-order valence-corrected chi connectivity index (χ3v) is 2.63. The van der Waals surface area contributed by atoms with Crippen molar-refractivity contribution >= 4 is 7.60 Å². The molecule has 0 aliphatic carbocycles. The molecule has 1 atom stereocenters. The maximum absolute atomic E-state index is 10.6. The Hall–Kier alpha value is 0.110. The molecule has 0 radical (unpaired) electrons. The lowest BCUT2D eigenvalue weighted by atomic mass is 10.3. The van der Waals surface area contributed by atoms with Crippen molar-refractivity contribution in [2.75, 3.05) is 7.05 Å². The highest BCUT2D eigenvalue weighted by atomic mass is 31.2. The fourth-order valence-electron chi connectivity index (χ4n) is 0.754. The largest absolute Gasteiger partial charge is 0.342 e. The minimum Gasteiger partial charge on any atom is -0.323 e. The van der Waals surface area contributed by atoms with Crippen LogP contribution < -0.4 is 5.32 Å². The molecular formula is C5H14NO3P. The first-order chi connectivity index (χ1) is 4.52. The molecule has 0 spiro atoms. The molecule has 0 aromatic heterocycles. The Morgan fingerprint density at radius 1 is 1.60 bits per heavy atom. The normalized spacial score (nSPS) is 15.2. The van der Waals surface area contributed by atoms with Gasteiger partial charge in [0, 0.05) is 0 Å². The van der Waals surface area contributed by atoms with Crippen molar-refractivity contribution in [1.82, 2.24) is 5.32 Å². The number of rotatable bonds is 4. The summed E-state index contributed by atoms with van der Waals surface area (Å²) >= 11 is 0. The lowest BCUT2D eigenvalue weighted by molar-refractivity contribution is 0.345. The summed E-state index contributed by atoms with van der Waals surface area (Å²) in [6.07, 6.45) is 1.29. The lowest BCUT2D eigenvalue weighted by Gasteiger charge is -2.15. The maximum atomic E-state index is 10.6. The summed E-state index contributed by atoms with van der Waals surface area (Å²) in [7, 11) is -2.35. The smallest absolute Gasteiger partial charge is 0.323 e. The Morgan fingerprint density at radius 2 is 2.10 bits per heavy atom. The van der Waals surface area contributed by atoms with E-state index in [1.54, 1.807) is 7.05 Å². The van der Waals surface area contributed by atoms with E-state index >= 15 is 0 Å². The van der Waals surface area contributed by atoms with E-state index in [0.717, 1.165) is 6.42 Å². The van der Waals surface area contributed by atoms with Crippen LogP contribution in [0, 0.1) is 0 Å². The summed E-state index contributed by atoms with van der Waals surface area (Å²) in [4.78, 5) is 17.3. The summed E-state index contributed by atoms with van der Waals surface area (Å²) in [5, 5.41) is 2.58. The van der Waals surface area contributed by atoms with Crippen LogP contribution >= 0.6 is 7.60 Å². The molecule has 1 unspecified atom stereocenters. The van der Waals surface area contributed by atoms with Gasteiger partial charge in [-0.05, 0) is 13.5 Å². The minimum absolute atomic E-state index is 0.515. The van der Waals surface area contributed by atoms with Gasteiger partial charge in [0.15, 0.2) is 0 Å². The average molecular weight is 167 g/mol. The second-order valence-corrected chi connectivity index (χ2v) is 3.98. The highest BCUT2D eigenvalue weighted by Gasteiger charge is 2.25. The SMILES string of the molecule is CCCC(NC)P(=O)(O)O. The number of hydrogen-bond acceptors (Lipinski definition) is 2. The van der Waals surface area contributed by atoms with Gasteiger partial charge in [-0.2, -0.15) is 0 Å². The minimum atomic E-state index is -3.90. The Morgan fingerprint density at radius 3 is 2.20 bits per heavy atom. The first-order valence-corrected chi connectivity index (χ1v) is 4.93. The predicted molar refractivity (Wildman–Crippen MR) is 39.8 cm³/mol. The molecule has 4 nitrogen and oxygen atoms in total. The van der Waals surface area contributed by atoms with Crippen molar-refractivity contribution in [3.63, 3.8) is 0 Å². The zero-order valence-corrected chi connectivity index (χ0v) is 7.14. The molecule has 0 aromatic carbocycles. The average Bonchev–Trinajstić information content (AvgIpc) is 1.80. The summed E-state index contributed by atoms with van der Waals surface area (Å²) < 4.78 is 10.6. The van der Waals surface area contributed by atoms with Crippen LogP contribution in [-0.4, -0.2) is 22.6 Å². The van der Waals surface area contributed by atoms with Gasteiger partial charge in [0.25, 0.3) is 0 Å². The van der Waals surface area contributed by atoms with Crippen LogP contribution in [0.2, 0.25) is 0 Å². The van der Waals surface area contributed by atoms with E-state index in [2.05, 4.69) is 5.32 Å². The van der Waals surface area contributed by atoms with Gasteiger partial charge in [0.05, 0.1) is 0 Å². The van der Waals surface area contributed by atoms with E-state index in [-0.39, 0.29) is 0 Å². The molecule has 0 saturated carbocycles. The van der Waals surface area contributed by atoms with E-state index in [9.17, 15) is 4.57 Å². The van der Waals surface area contributed by atoms with Gasteiger partial charge < -0.3 is 15.1 Å². The summed E-state index contributed by atoms with van der Waals surface area (Å²) in [6, 6.07) is 0. The van der Waals surface area contributed by atoms with Crippen molar-refractivity contribution in [2.45, 2.75) is 25.5 Å². The van der Waals surface area contributed by atoms with Crippen molar-refractivity contribution in [1.29, 1.82) is 0 Å². The molecule has 62 valence electrons. The van der Waals surface area contributed by atoms with E-state index in [4.69, 9.17) is 9.79 Å². The zero-order valence-electron chi connectivity index (χ0n) is 6.24. The molecule has 0 aliphatic rings. The van der Waals surface area contributed by atoms with E-state index in [1.165, 1.54) is 0 Å². The van der Waals surface area contributed by atoms with E-state index < -0.39 is 13.4 Å². The van der Waals surface area contributed by atoms with Crippen LogP contribution in [0.1, 0.15) is 19.8 Å². The number of hydrogen-bond donors (Lipinski definition) is 3. The highest BCUT2D eigenvalue weighted by molar-refractivity contribution is 7.52. The summed E-state index contributed by atoms with van der Waals surface area (Å²) in [6.45, 7) is 1.89. The fraction of sp³-hybridized carbons (Fsp3) is 1.00. The maximum Gasteiger partial charge on any atom is 0.342 e. The van der Waals surface area contributed by atoms with Crippen molar-refractivity contribution < 1.29 is 14.4 Å². The molecule has 0 rings (SSSR count). The molecule has 3 N–H and O–H groups in total. The van der Waals surface area contributed by atoms with Gasteiger partial charge in [-0.25, -0.2) is 0 Å². The Balaban J connectivity index is 3.94. The van der Waals surface area contributed by atoms with Gasteiger partial charge in [-0.1, -0.05) is 13.3 Å². The third kappa shape index (κ3) is 3.32. The first kappa shape index (κ1) is 10.1. The van der Waals surface area contributed by atoms with Crippen LogP contribution in [0.25, 0.3) is 0 Å². The Labute approximate surface area is 60.8 Å². The van der Waals surface area contributed by atoms with Gasteiger partial charge >= 0.3 is 7.60 Å². The predicted octanol–water partition coefficient (Wildman–Crippen LogP) is 0.510. The molecule has 0 heterocycles. The Bertz CT molecular complexity index is 133. The van der Waals surface area contributed by atoms with Crippen LogP contribution in [0.5, 0.6) is 0 Å². The van der Waals surface area contributed by atoms with Crippen LogP contribution in [0.3, 0.4) is 0 Å². The molecule has 0 fully saturated rings. The van der Waals surface area contributed by atoms with Gasteiger partial charge in [0.1, 0.15) is 5.78 Å².